The second kappa shape index (κ2) is 10.4. The maximum Gasteiger partial charge on any atom is 0.0390 e. The van der Waals surface area contributed by atoms with Crippen LogP contribution in [0.4, 0.5) is 11.4 Å². The lowest BCUT2D eigenvalue weighted by atomic mass is 10.2. The second-order valence-electron chi connectivity index (χ2n) is 6.75. The van der Waals surface area contributed by atoms with Crippen LogP contribution in [-0.2, 0) is 0 Å². The molecule has 0 aliphatic rings. The molecule has 0 aliphatic carbocycles. The Labute approximate surface area is 157 Å². The highest BCUT2D eigenvalue weighted by molar-refractivity contribution is 5.80. The summed E-state index contributed by atoms with van der Waals surface area (Å²) in [7, 11) is 8.18. The lowest BCUT2D eigenvalue weighted by molar-refractivity contribution is 0.760. The third-order valence-electron chi connectivity index (χ3n) is 4.12. The Bertz CT molecular complexity index is 634. The van der Waals surface area contributed by atoms with Crippen molar-refractivity contribution in [2.45, 2.75) is 12.8 Å². The predicted octanol–water partition coefficient (Wildman–Crippen LogP) is 4.14. The van der Waals surface area contributed by atoms with Crippen LogP contribution in [-0.4, -0.2) is 53.7 Å². The van der Waals surface area contributed by atoms with Crippen molar-refractivity contribution in [3.63, 3.8) is 0 Å². The Kier molecular flexibility index (Phi) is 7.87. The Balaban J connectivity index is 1.64. The summed E-state index contributed by atoms with van der Waals surface area (Å²) in [5.41, 5.74) is 4.71. The first-order valence-electron chi connectivity index (χ1n) is 9.11. The lowest BCUT2D eigenvalue weighted by Crippen LogP contribution is -2.08. The molecule has 26 heavy (non-hydrogen) atoms. The molecule has 4 heteroatoms. The van der Waals surface area contributed by atoms with Gasteiger partial charge in [0.15, 0.2) is 0 Å². The number of rotatable bonds is 9. The standard InChI is InChI=1S/C22H30N4/c1-25(2)21-11-7-19(8-12-21)17-23-15-5-6-16-24-18-20-9-13-22(14-10-20)26(3)4/h7-14,17-18H,5-6,15-16H2,1-4H3. The van der Waals surface area contributed by atoms with Crippen LogP contribution in [0.25, 0.3) is 0 Å². The third-order valence-corrected chi connectivity index (χ3v) is 4.12. The molecule has 0 saturated heterocycles. The highest BCUT2D eigenvalue weighted by atomic mass is 15.1. The normalized spacial score (nSPS) is 11.4. The smallest absolute Gasteiger partial charge is 0.0390 e. The molecule has 138 valence electrons. The topological polar surface area (TPSA) is 31.2 Å². The van der Waals surface area contributed by atoms with Crippen molar-refractivity contribution in [1.82, 2.24) is 0 Å². The van der Waals surface area contributed by atoms with Crippen LogP contribution in [0.5, 0.6) is 0 Å². The van der Waals surface area contributed by atoms with Gasteiger partial charge in [0.25, 0.3) is 0 Å². The summed E-state index contributed by atoms with van der Waals surface area (Å²) in [6.07, 6.45) is 6.02. The SMILES string of the molecule is CN(C)c1ccc(C=NCCCCN=Cc2ccc(N(C)C)cc2)cc1. The largest absolute Gasteiger partial charge is 0.378 e. The van der Waals surface area contributed by atoms with E-state index in [0.29, 0.717) is 0 Å². The number of hydrogen-bond acceptors (Lipinski definition) is 4. The fourth-order valence-electron chi connectivity index (χ4n) is 2.46. The van der Waals surface area contributed by atoms with Gasteiger partial charge in [0, 0.05) is 65.1 Å². The van der Waals surface area contributed by atoms with E-state index >= 15 is 0 Å². The minimum atomic E-state index is 0.850. The molecule has 0 atom stereocenters. The van der Waals surface area contributed by atoms with E-state index in [0.717, 1.165) is 37.1 Å². The zero-order chi connectivity index (χ0) is 18.8. The summed E-state index contributed by atoms with van der Waals surface area (Å²) in [6, 6.07) is 16.9. The lowest BCUT2D eigenvalue weighted by Gasteiger charge is -2.11. The van der Waals surface area contributed by atoms with Crippen molar-refractivity contribution < 1.29 is 0 Å². The Morgan fingerprint density at radius 2 is 0.962 bits per heavy atom. The molecule has 0 amide bonds. The van der Waals surface area contributed by atoms with Gasteiger partial charge in [-0.05, 0) is 48.2 Å². The van der Waals surface area contributed by atoms with Gasteiger partial charge in [-0.15, -0.1) is 0 Å². The second-order valence-corrected chi connectivity index (χ2v) is 6.75. The molecular weight excluding hydrogens is 320 g/mol. The molecule has 0 saturated carbocycles. The molecule has 4 nitrogen and oxygen atoms in total. The number of unbranched alkanes of at least 4 members (excludes halogenated alkanes) is 1. The number of aliphatic imine (C=N–C) groups is 2. The van der Waals surface area contributed by atoms with Crippen molar-refractivity contribution in [2.75, 3.05) is 51.1 Å². The maximum atomic E-state index is 4.50. The minimum Gasteiger partial charge on any atom is -0.378 e. The zero-order valence-corrected chi connectivity index (χ0v) is 16.4. The average molecular weight is 351 g/mol. The summed E-state index contributed by atoms with van der Waals surface area (Å²) in [5.74, 6) is 0. The minimum absolute atomic E-state index is 0.850. The van der Waals surface area contributed by atoms with Gasteiger partial charge in [-0.25, -0.2) is 0 Å². The summed E-state index contributed by atoms with van der Waals surface area (Å²) >= 11 is 0. The van der Waals surface area contributed by atoms with Crippen molar-refractivity contribution >= 4 is 23.8 Å². The zero-order valence-electron chi connectivity index (χ0n) is 16.4. The molecule has 0 radical (unpaired) electrons. The molecule has 0 unspecified atom stereocenters. The molecule has 0 spiro atoms. The molecule has 2 aromatic carbocycles. The van der Waals surface area contributed by atoms with Crippen LogP contribution in [0.2, 0.25) is 0 Å². The van der Waals surface area contributed by atoms with E-state index in [1.807, 2.05) is 40.6 Å². The molecule has 0 bridgehead atoms. The summed E-state index contributed by atoms with van der Waals surface area (Å²) in [6.45, 7) is 1.70. The van der Waals surface area contributed by atoms with E-state index in [1.165, 1.54) is 11.4 Å². The van der Waals surface area contributed by atoms with Crippen molar-refractivity contribution in [3.8, 4) is 0 Å². The van der Waals surface area contributed by atoms with Crippen molar-refractivity contribution in [2.24, 2.45) is 9.98 Å². The third kappa shape index (κ3) is 6.71. The van der Waals surface area contributed by atoms with E-state index in [2.05, 4.69) is 68.3 Å². The molecule has 0 aromatic heterocycles. The quantitative estimate of drug-likeness (QED) is 0.503. The van der Waals surface area contributed by atoms with Crippen molar-refractivity contribution in [1.29, 1.82) is 0 Å². The van der Waals surface area contributed by atoms with Gasteiger partial charge in [-0.3, -0.25) is 9.98 Å². The van der Waals surface area contributed by atoms with Gasteiger partial charge in [0.2, 0.25) is 0 Å². The summed E-state index contributed by atoms with van der Waals surface area (Å²) in [4.78, 5) is 13.2. The number of nitrogens with zero attached hydrogens (tertiary/aromatic N) is 4. The van der Waals surface area contributed by atoms with Crippen LogP contribution in [0.1, 0.15) is 24.0 Å². The summed E-state index contributed by atoms with van der Waals surface area (Å²) in [5, 5.41) is 0. The van der Waals surface area contributed by atoms with Crippen LogP contribution in [0.15, 0.2) is 58.5 Å². The fraction of sp³-hybridized carbons (Fsp3) is 0.364. The van der Waals surface area contributed by atoms with Gasteiger partial charge < -0.3 is 9.80 Å². The molecule has 0 fully saturated rings. The Morgan fingerprint density at radius 3 is 1.27 bits per heavy atom. The Morgan fingerprint density at radius 1 is 0.615 bits per heavy atom. The molecule has 2 rings (SSSR count). The maximum absolute atomic E-state index is 4.50. The van der Waals surface area contributed by atoms with Crippen LogP contribution < -0.4 is 9.80 Å². The Hall–Kier alpha value is -2.62. The van der Waals surface area contributed by atoms with Gasteiger partial charge >= 0.3 is 0 Å². The summed E-state index contributed by atoms with van der Waals surface area (Å²) < 4.78 is 0. The van der Waals surface area contributed by atoms with Gasteiger partial charge in [-0.2, -0.15) is 0 Å². The molecule has 2 aromatic rings. The molecule has 0 aliphatic heterocycles. The van der Waals surface area contributed by atoms with Crippen LogP contribution in [0, 0.1) is 0 Å². The predicted molar refractivity (Wildman–Crippen MR) is 116 cm³/mol. The average Bonchev–Trinajstić information content (AvgIpc) is 2.64. The van der Waals surface area contributed by atoms with Crippen LogP contribution >= 0.6 is 0 Å². The molecular formula is C22H30N4. The molecule has 0 heterocycles. The van der Waals surface area contributed by atoms with E-state index in [4.69, 9.17) is 0 Å². The first-order chi connectivity index (χ1) is 12.6. The number of hydrogen-bond donors (Lipinski definition) is 0. The number of anilines is 2. The molecule has 0 N–H and O–H groups in total. The van der Waals surface area contributed by atoms with E-state index < -0.39 is 0 Å². The fourth-order valence-corrected chi connectivity index (χ4v) is 2.46. The van der Waals surface area contributed by atoms with E-state index in [1.54, 1.807) is 0 Å². The monoisotopic (exact) mass is 350 g/mol. The highest BCUT2D eigenvalue weighted by Gasteiger charge is 1.95. The van der Waals surface area contributed by atoms with Gasteiger partial charge in [0.05, 0.1) is 0 Å². The van der Waals surface area contributed by atoms with Gasteiger partial charge in [0.1, 0.15) is 0 Å². The van der Waals surface area contributed by atoms with Crippen molar-refractivity contribution in [3.05, 3.63) is 59.7 Å². The van der Waals surface area contributed by atoms with E-state index in [9.17, 15) is 0 Å². The first-order valence-corrected chi connectivity index (χ1v) is 9.11. The van der Waals surface area contributed by atoms with Gasteiger partial charge in [-0.1, -0.05) is 24.3 Å². The first kappa shape index (κ1) is 19.7. The number of benzene rings is 2. The highest BCUT2D eigenvalue weighted by Crippen LogP contribution is 2.12. The van der Waals surface area contributed by atoms with Crippen LogP contribution in [0.3, 0.4) is 0 Å². The van der Waals surface area contributed by atoms with E-state index in [-0.39, 0.29) is 0 Å².